The lowest BCUT2D eigenvalue weighted by Crippen LogP contribution is -2.55. The van der Waals surface area contributed by atoms with Crippen LogP contribution in [0.5, 0.6) is 0 Å². The lowest BCUT2D eigenvalue weighted by Gasteiger charge is -2.25. The predicted octanol–water partition coefficient (Wildman–Crippen LogP) is 1.37. The fraction of sp³-hybridized carbons (Fsp3) is 0.357. The average molecular weight is 294 g/mol. The monoisotopic (exact) mass is 294 g/mol. The molecule has 0 heterocycles. The molecular weight excluding hydrogens is 276 g/mol. The summed E-state index contributed by atoms with van der Waals surface area (Å²) in [4.78, 5) is 11.5. The Kier molecular flexibility index (Phi) is 4.25. The summed E-state index contributed by atoms with van der Waals surface area (Å²) in [7, 11) is -3.70. The zero-order valence-electron chi connectivity index (χ0n) is 11.1. The Morgan fingerprint density at radius 2 is 1.80 bits per heavy atom. The van der Waals surface area contributed by atoms with Crippen molar-refractivity contribution in [2.45, 2.75) is 31.2 Å². The van der Waals surface area contributed by atoms with E-state index in [9.17, 15) is 13.2 Å². The number of nitrogens with two attached hydrogens (primary N) is 1. The quantitative estimate of drug-likeness (QED) is 0.859. The smallest absolute Gasteiger partial charge is 0.238 e. The van der Waals surface area contributed by atoms with E-state index in [0.717, 1.165) is 23.8 Å². The van der Waals surface area contributed by atoms with Crippen molar-refractivity contribution < 1.29 is 13.2 Å². The summed E-state index contributed by atoms with van der Waals surface area (Å²) in [6, 6.07) is 9.09. The first-order chi connectivity index (χ1) is 9.44. The summed E-state index contributed by atoms with van der Waals surface area (Å²) in [5, 5.41) is 1.07. The van der Waals surface area contributed by atoms with E-state index in [1.807, 2.05) is 18.2 Å². The minimum Gasteiger partial charge on any atom is -0.368 e. The van der Waals surface area contributed by atoms with Gasteiger partial charge in [-0.3, -0.25) is 4.79 Å². The van der Waals surface area contributed by atoms with Crippen LogP contribution in [0.2, 0.25) is 0 Å². The standard InChI is InChI=1S/C14H18N2O3S/c15-13(17)14(9-4-5-10-14)16-20(18,19)11-8-12-6-2-1-3-7-12/h1-3,6-8,11,16H,4-5,9-10H2,(H2,15,17)/b11-8+. The van der Waals surface area contributed by atoms with Gasteiger partial charge in [0.05, 0.1) is 0 Å². The van der Waals surface area contributed by atoms with Crippen molar-refractivity contribution in [1.82, 2.24) is 4.72 Å². The molecule has 20 heavy (non-hydrogen) atoms. The molecule has 1 fully saturated rings. The van der Waals surface area contributed by atoms with Gasteiger partial charge in [0.25, 0.3) is 0 Å². The first-order valence-corrected chi connectivity index (χ1v) is 8.05. The topological polar surface area (TPSA) is 89.3 Å². The van der Waals surface area contributed by atoms with Gasteiger partial charge in [-0.2, -0.15) is 4.72 Å². The third kappa shape index (κ3) is 3.46. The van der Waals surface area contributed by atoms with Crippen molar-refractivity contribution >= 4 is 22.0 Å². The Balaban J connectivity index is 2.15. The maximum Gasteiger partial charge on any atom is 0.238 e. The number of amides is 1. The second-order valence-corrected chi connectivity index (χ2v) is 6.58. The molecule has 0 spiro atoms. The van der Waals surface area contributed by atoms with E-state index in [1.165, 1.54) is 6.08 Å². The molecule has 0 aromatic heterocycles. The number of carbonyl (C=O) groups is 1. The summed E-state index contributed by atoms with van der Waals surface area (Å²) < 4.78 is 26.6. The van der Waals surface area contributed by atoms with E-state index in [-0.39, 0.29) is 0 Å². The highest BCUT2D eigenvalue weighted by Gasteiger charge is 2.42. The molecule has 1 aromatic rings. The molecule has 5 nitrogen and oxygen atoms in total. The van der Waals surface area contributed by atoms with Crippen LogP contribution in [0.4, 0.5) is 0 Å². The average Bonchev–Trinajstić information content (AvgIpc) is 2.87. The van der Waals surface area contributed by atoms with Gasteiger partial charge >= 0.3 is 0 Å². The van der Waals surface area contributed by atoms with Crippen molar-refractivity contribution in [3.05, 3.63) is 41.3 Å². The van der Waals surface area contributed by atoms with Crippen molar-refractivity contribution in [3.63, 3.8) is 0 Å². The van der Waals surface area contributed by atoms with Crippen LogP contribution in [0, 0.1) is 0 Å². The number of primary amides is 1. The Labute approximate surface area is 118 Å². The van der Waals surface area contributed by atoms with Gasteiger partial charge in [0.15, 0.2) is 0 Å². The largest absolute Gasteiger partial charge is 0.368 e. The van der Waals surface area contributed by atoms with Crippen LogP contribution in [0.3, 0.4) is 0 Å². The molecule has 0 unspecified atom stereocenters. The fourth-order valence-electron chi connectivity index (χ4n) is 2.42. The van der Waals surface area contributed by atoms with Crippen molar-refractivity contribution in [2.24, 2.45) is 5.73 Å². The first-order valence-electron chi connectivity index (χ1n) is 6.51. The molecule has 1 aliphatic carbocycles. The van der Waals surface area contributed by atoms with Crippen LogP contribution < -0.4 is 10.5 Å². The summed E-state index contributed by atoms with van der Waals surface area (Å²) >= 11 is 0. The van der Waals surface area contributed by atoms with E-state index >= 15 is 0 Å². The molecule has 0 bridgehead atoms. The van der Waals surface area contributed by atoms with E-state index < -0.39 is 21.5 Å². The van der Waals surface area contributed by atoms with Gasteiger partial charge in [-0.15, -0.1) is 0 Å². The van der Waals surface area contributed by atoms with Crippen LogP contribution in [0.25, 0.3) is 6.08 Å². The van der Waals surface area contributed by atoms with Crippen molar-refractivity contribution in [2.75, 3.05) is 0 Å². The molecule has 1 amide bonds. The molecular formula is C14H18N2O3S. The number of carbonyl (C=O) groups excluding carboxylic acids is 1. The molecule has 1 saturated carbocycles. The highest BCUT2D eigenvalue weighted by Crippen LogP contribution is 2.30. The van der Waals surface area contributed by atoms with Crippen LogP contribution in [-0.2, 0) is 14.8 Å². The lowest BCUT2D eigenvalue weighted by atomic mass is 9.99. The van der Waals surface area contributed by atoms with Crippen molar-refractivity contribution in [1.29, 1.82) is 0 Å². The van der Waals surface area contributed by atoms with Crippen LogP contribution in [-0.4, -0.2) is 19.9 Å². The van der Waals surface area contributed by atoms with Crippen LogP contribution >= 0.6 is 0 Å². The molecule has 1 aromatic carbocycles. The van der Waals surface area contributed by atoms with Gasteiger partial charge < -0.3 is 5.73 Å². The Morgan fingerprint density at radius 1 is 1.20 bits per heavy atom. The lowest BCUT2D eigenvalue weighted by molar-refractivity contribution is -0.123. The maximum absolute atomic E-state index is 12.1. The number of rotatable bonds is 5. The molecule has 0 radical (unpaired) electrons. The predicted molar refractivity (Wildman–Crippen MR) is 77.9 cm³/mol. The normalized spacial score (nSPS) is 18.4. The molecule has 0 aliphatic heterocycles. The van der Waals surface area contributed by atoms with Crippen molar-refractivity contribution in [3.8, 4) is 0 Å². The second-order valence-electron chi connectivity index (χ2n) is 5.01. The number of sulfonamides is 1. The third-order valence-corrected chi connectivity index (χ3v) is 4.68. The number of nitrogens with one attached hydrogen (secondary N) is 1. The van der Waals surface area contributed by atoms with Gasteiger partial charge in [-0.25, -0.2) is 8.42 Å². The minimum atomic E-state index is -3.70. The Bertz CT molecular complexity index is 603. The van der Waals surface area contributed by atoms with Gasteiger partial charge in [-0.1, -0.05) is 43.2 Å². The summed E-state index contributed by atoms with van der Waals surface area (Å²) in [5.41, 5.74) is 5.01. The van der Waals surface area contributed by atoms with E-state index in [2.05, 4.69) is 4.72 Å². The third-order valence-electron chi connectivity index (χ3n) is 3.51. The molecule has 0 saturated heterocycles. The molecule has 6 heteroatoms. The molecule has 3 N–H and O–H groups in total. The zero-order chi connectivity index (χ0) is 14.6. The summed E-state index contributed by atoms with van der Waals surface area (Å²) in [6.07, 6.45) is 4.01. The van der Waals surface area contributed by atoms with Crippen LogP contribution in [0.1, 0.15) is 31.2 Å². The minimum absolute atomic E-state index is 0.459. The highest BCUT2D eigenvalue weighted by molar-refractivity contribution is 7.92. The Hall–Kier alpha value is -1.66. The van der Waals surface area contributed by atoms with Gasteiger partial charge in [0.2, 0.25) is 15.9 Å². The van der Waals surface area contributed by atoms with Gasteiger partial charge in [0.1, 0.15) is 5.54 Å². The fourth-order valence-corrected chi connectivity index (χ4v) is 3.67. The first kappa shape index (κ1) is 14.7. The molecule has 108 valence electrons. The van der Waals surface area contributed by atoms with Crippen LogP contribution in [0.15, 0.2) is 35.7 Å². The maximum atomic E-state index is 12.1. The molecule has 0 atom stereocenters. The molecule has 1 aliphatic rings. The second kappa shape index (κ2) is 5.76. The number of hydrogen-bond donors (Lipinski definition) is 2. The number of benzene rings is 1. The zero-order valence-corrected chi connectivity index (χ0v) is 11.9. The summed E-state index contributed by atoms with van der Waals surface area (Å²) in [6.45, 7) is 0. The Morgan fingerprint density at radius 3 is 2.35 bits per heavy atom. The van der Waals surface area contributed by atoms with E-state index in [4.69, 9.17) is 5.73 Å². The van der Waals surface area contributed by atoms with E-state index in [1.54, 1.807) is 12.1 Å². The number of hydrogen-bond acceptors (Lipinski definition) is 3. The van der Waals surface area contributed by atoms with Gasteiger partial charge in [0, 0.05) is 5.41 Å². The summed E-state index contributed by atoms with van der Waals surface area (Å²) in [5.74, 6) is -0.605. The van der Waals surface area contributed by atoms with E-state index in [0.29, 0.717) is 12.8 Å². The van der Waals surface area contributed by atoms with Gasteiger partial charge in [-0.05, 0) is 24.5 Å². The molecule has 2 rings (SSSR count). The highest BCUT2D eigenvalue weighted by atomic mass is 32.2. The SMILES string of the molecule is NC(=O)C1(NS(=O)(=O)/C=C/c2ccccc2)CCCC1.